The molecule has 4 rings (SSSR count). The average Bonchev–Trinajstić information content (AvgIpc) is 2.86. The molecule has 186 valence electrons. The third-order valence-electron chi connectivity index (χ3n) is 7.13. The van der Waals surface area contributed by atoms with E-state index in [4.69, 9.17) is 14.2 Å². The van der Waals surface area contributed by atoms with Crippen molar-refractivity contribution in [2.75, 3.05) is 25.1 Å². The van der Waals surface area contributed by atoms with Gasteiger partial charge in [-0.15, -0.1) is 0 Å². The fraction of sp³-hybridized carbons (Fsp3) is 0.615. The largest absolute Gasteiger partial charge is 0.462 e. The summed E-state index contributed by atoms with van der Waals surface area (Å²) in [4.78, 5) is 25.7. The fourth-order valence-electron chi connectivity index (χ4n) is 5.01. The SMILES string of the molecule is CCOC(=O)c1cn(C2COC(CC)(CC)OC2)c2cc(NC3CCCCC3)c(F)cc2c1=O. The van der Waals surface area contributed by atoms with Gasteiger partial charge in [-0.05, 0) is 44.7 Å². The number of carbonyl (C=O) groups is 1. The minimum atomic E-state index is -0.720. The highest BCUT2D eigenvalue weighted by Gasteiger charge is 2.35. The smallest absolute Gasteiger partial charge is 0.343 e. The summed E-state index contributed by atoms with van der Waals surface area (Å²) < 4.78 is 34.2. The monoisotopic (exact) mass is 474 g/mol. The Morgan fingerprint density at radius 1 is 1.15 bits per heavy atom. The summed E-state index contributed by atoms with van der Waals surface area (Å²) in [5, 5.41) is 3.47. The second-order valence-corrected chi connectivity index (χ2v) is 9.22. The molecule has 1 aliphatic heterocycles. The Bertz CT molecular complexity index is 1080. The average molecular weight is 475 g/mol. The molecule has 2 fully saturated rings. The number of nitrogens with zero attached hydrogens (tertiary/aromatic N) is 1. The predicted octanol–water partition coefficient (Wildman–Crippen LogP) is 5.17. The van der Waals surface area contributed by atoms with E-state index in [1.54, 1.807) is 13.0 Å². The number of carbonyl (C=O) groups excluding carboxylic acids is 1. The van der Waals surface area contributed by atoms with E-state index in [1.165, 1.54) is 18.7 Å². The number of benzene rings is 1. The number of anilines is 1. The molecule has 0 bridgehead atoms. The van der Waals surface area contributed by atoms with Gasteiger partial charge in [0.1, 0.15) is 11.4 Å². The highest BCUT2D eigenvalue weighted by atomic mass is 19.1. The Morgan fingerprint density at radius 3 is 2.44 bits per heavy atom. The minimum Gasteiger partial charge on any atom is -0.462 e. The first kappa shape index (κ1) is 24.7. The number of fused-ring (bicyclic) bond motifs is 1. The van der Waals surface area contributed by atoms with Crippen LogP contribution in [0.3, 0.4) is 0 Å². The van der Waals surface area contributed by atoms with Crippen molar-refractivity contribution >= 4 is 22.6 Å². The van der Waals surface area contributed by atoms with Crippen LogP contribution in [0.1, 0.15) is 82.1 Å². The summed E-state index contributed by atoms with van der Waals surface area (Å²) in [7, 11) is 0. The zero-order valence-corrected chi connectivity index (χ0v) is 20.3. The molecule has 8 heteroatoms. The number of nitrogens with one attached hydrogen (secondary N) is 1. The van der Waals surface area contributed by atoms with Gasteiger partial charge in [-0.25, -0.2) is 9.18 Å². The van der Waals surface area contributed by atoms with Gasteiger partial charge in [-0.3, -0.25) is 4.79 Å². The highest BCUT2D eigenvalue weighted by molar-refractivity contribution is 5.94. The van der Waals surface area contributed by atoms with Gasteiger partial charge < -0.3 is 24.1 Å². The molecule has 2 aromatic rings. The molecule has 1 saturated carbocycles. The van der Waals surface area contributed by atoms with E-state index >= 15 is 4.39 Å². The third kappa shape index (κ3) is 4.84. The van der Waals surface area contributed by atoms with Gasteiger partial charge in [-0.1, -0.05) is 33.1 Å². The molecule has 1 aromatic carbocycles. The van der Waals surface area contributed by atoms with Gasteiger partial charge in [0, 0.05) is 17.6 Å². The second-order valence-electron chi connectivity index (χ2n) is 9.22. The summed E-state index contributed by atoms with van der Waals surface area (Å²) in [6.07, 6.45) is 8.37. The Morgan fingerprint density at radius 2 is 1.82 bits per heavy atom. The zero-order chi connectivity index (χ0) is 24.3. The molecule has 2 aliphatic rings. The molecular formula is C26H35FN2O5. The van der Waals surface area contributed by atoms with Crippen LogP contribution in [-0.4, -0.2) is 42.2 Å². The molecule has 0 amide bonds. The van der Waals surface area contributed by atoms with Crippen LogP contribution >= 0.6 is 0 Å². The number of esters is 1. The maximum Gasteiger partial charge on any atom is 0.343 e. The van der Waals surface area contributed by atoms with E-state index in [2.05, 4.69) is 5.32 Å². The van der Waals surface area contributed by atoms with Crippen molar-refractivity contribution in [2.45, 2.75) is 83.6 Å². The standard InChI is InChI=1S/C26H35FN2O5/c1-4-26(5-2)33-15-18(16-34-26)29-14-20(25(31)32-6-3)24(30)19-12-21(27)22(13-23(19)29)28-17-10-8-7-9-11-17/h12-14,17-18,28H,4-11,15-16H2,1-3H3. The lowest BCUT2D eigenvalue weighted by atomic mass is 9.95. The Balaban J connectivity index is 1.78. The van der Waals surface area contributed by atoms with E-state index in [0.717, 1.165) is 38.5 Å². The van der Waals surface area contributed by atoms with E-state index in [0.29, 0.717) is 24.4 Å². The second kappa shape index (κ2) is 10.4. The fourth-order valence-corrected chi connectivity index (χ4v) is 5.01. The minimum absolute atomic E-state index is 0.121. The quantitative estimate of drug-likeness (QED) is 0.558. The van der Waals surface area contributed by atoms with Crippen molar-refractivity contribution < 1.29 is 23.4 Å². The lowest BCUT2D eigenvalue weighted by Crippen LogP contribution is -2.44. The molecule has 0 atom stereocenters. The molecule has 2 heterocycles. The summed E-state index contributed by atoms with van der Waals surface area (Å²) >= 11 is 0. The summed E-state index contributed by atoms with van der Waals surface area (Å²) in [6, 6.07) is 2.83. The molecule has 1 aromatic heterocycles. The van der Waals surface area contributed by atoms with Crippen LogP contribution < -0.4 is 10.7 Å². The molecular weight excluding hydrogens is 439 g/mol. The van der Waals surface area contributed by atoms with Crippen LogP contribution in [0.4, 0.5) is 10.1 Å². The summed E-state index contributed by atoms with van der Waals surface area (Å²) in [5.74, 6) is -1.85. The van der Waals surface area contributed by atoms with Gasteiger partial charge >= 0.3 is 5.97 Å². The number of halogens is 1. The van der Waals surface area contributed by atoms with Crippen LogP contribution in [0.2, 0.25) is 0 Å². The van der Waals surface area contributed by atoms with Crippen molar-refractivity contribution in [2.24, 2.45) is 0 Å². The third-order valence-corrected chi connectivity index (χ3v) is 7.13. The first-order chi connectivity index (χ1) is 16.4. The van der Waals surface area contributed by atoms with Crippen LogP contribution in [0.5, 0.6) is 0 Å². The topological polar surface area (TPSA) is 78.8 Å². The molecule has 34 heavy (non-hydrogen) atoms. The molecule has 0 unspecified atom stereocenters. The van der Waals surface area contributed by atoms with E-state index in [-0.39, 0.29) is 29.6 Å². The molecule has 0 radical (unpaired) electrons. The van der Waals surface area contributed by atoms with Gasteiger partial charge in [0.05, 0.1) is 37.1 Å². The number of aromatic nitrogens is 1. The zero-order valence-electron chi connectivity index (χ0n) is 20.3. The Labute approximate surface area is 199 Å². The van der Waals surface area contributed by atoms with Crippen molar-refractivity contribution in [3.8, 4) is 0 Å². The number of hydrogen-bond acceptors (Lipinski definition) is 6. The van der Waals surface area contributed by atoms with E-state index < -0.39 is 23.0 Å². The highest BCUT2D eigenvalue weighted by Crippen LogP contribution is 2.33. The number of pyridine rings is 1. The lowest BCUT2D eigenvalue weighted by molar-refractivity contribution is -0.281. The van der Waals surface area contributed by atoms with Crippen LogP contribution in [0.15, 0.2) is 23.1 Å². The molecule has 1 N–H and O–H groups in total. The van der Waals surface area contributed by atoms with Gasteiger partial charge in [0.15, 0.2) is 5.79 Å². The van der Waals surface area contributed by atoms with Crippen LogP contribution in [0, 0.1) is 5.82 Å². The number of hydrogen-bond donors (Lipinski definition) is 1. The van der Waals surface area contributed by atoms with Gasteiger partial charge in [0.25, 0.3) is 0 Å². The van der Waals surface area contributed by atoms with Gasteiger partial charge in [0.2, 0.25) is 5.43 Å². The van der Waals surface area contributed by atoms with Crippen molar-refractivity contribution in [3.05, 3.63) is 39.9 Å². The molecule has 0 spiro atoms. The predicted molar refractivity (Wildman–Crippen MR) is 129 cm³/mol. The van der Waals surface area contributed by atoms with E-state index in [1.807, 2.05) is 18.4 Å². The number of rotatable bonds is 7. The van der Waals surface area contributed by atoms with Crippen molar-refractivity contribution in [1.82, 2.24) is 4.57 Å². The summed E-state index contributed by atoms with van der Waals surface area (Å²) in [6.45, 7) is 6.56. The maximum absolute atomic E-state index is 15.1. The number of ether oxygens (including phenoxy) is 3. The summed E-state index contributed by atoms with van der Waals surface area (Å²) in [5.41, 5.74) is 0.243. The Kier molecular flexibility index (Phi) is 7.57. The van der Waals surface area contributed by atoms with Crippen LogP contribution in [-0.2, 0) is 14.2 Å². The van der Waals surface area contributed by atoms with Gasteiger partial charge in [-0.2, -0.15) is 0 Å². The molecule has 7 nitrogen and oxygen atoms in total. The van der Waals surface area contributed by atoms with Crippen LogP contribution in [0.25, 0.3) is 10.9 Å². The van der Waals surface area contributed by atoms with Crippen molar-refractivity contribution in [3.63, 3.8) is 0 Å². The first-order valence-electron chi connectivity index (χ1n) is 12.5. The normalized spacial score (nSPS) is 19.3. The maximum atomic E-state index is 15.1. The lowest BCUT2D eigenvalue weighted by Gasteiger charge is -2.40. The van der Waals surface area contributed by atoms with Crippen molar-refractivity contribution in [1.29, 1.82) is 0 Å². The molecule has 1 aliphatic carbocycles. The van der Waals surface area contributed by atoms with E-state index in [9.17, 15) is 9.59 Å². The Hall–Kier alpha value is -2.45. The molecule has 1 saturated heterocycles. The first-order valence-corrected chi connectivity index (χ1v) is 12.5.